The lowest BCUT2D eigenvalue weighted by molar-refractivity contribution is -0.140. The van der Waals surface area contributed by atoms with E-state index in [2.05, 4.69) is 25.6 Å². The monoisotopic (exact) mass is 464 g/mol. The molecule has 2 aromatic rings. The van der Waals surface area contributed by atoms with Crippen LogP contribution in [0.1, 0.15) is 40.5 Å². The molecule has 14 heteroatoms. The molecular formula is C18H24N8O5S. The van der Waals surface area contributed by atoms with Gasteiger partial charge in [0.25, 0.3) is 5.91 Å². The molecule has 0 radical (unpaired) electrons. The summed E-state index contributed by atoms with van der Waals surface area (Å²) in [5, 5.41) is 24.2. The number of hydrogen-bond donors (Lipinski definition) is 6. The number of nitrogens with zero attached hydrogens (tertiary/aromatic N) is 4. The van der Waals surface area contributed by atoms with Gasteiger partial charge in [0, 0.05) is 38.0 Å². The van der Waals surface area contributed by atoms with E-state index in [1.807, 2.05) is 11.9 Å². The van der Waals surface area contributed by atoms with Crippen molar-refractivity contribution in [1.29, 1.82) is 0 Å². The molecule has 2 aromatic heterocycles. The Morgan fingerprint density at radius 2 is 2.09 bits per heavy atom. The number of aliphatic carboxylic acids is 2. The fraction of sp³-hybridized carbons (Fsp3) is 0.444. The molecule has 0 saturated heterocycles. The molecule has 0 fully saturated rings. The van der Waals surface area contributed by atoms with E-state index >= 15 is 0 Å². The summed E-state index contributed by atoms with van der Waals surface area (Å²) in [7, 11) is 1.86. The van der Waals surface area contributed by atoms with Crippen molar-refractivity contribution in [2.45, 2.75) is 31.2 Å². The van der Waals surface area contributed by atoms with Crippen molar-refractivity contribution in [1.82, 2.24) is 20.3 Å². The first-order chi connectivity index (χ1) is 15.2. The van der Waals surface area contributed by atoms with E-state index in [0.717, 1.165) is 28.3 Å². The lowest BCUT2D eigenvalue weighted by Gasteiger charge is -2.19. The number of nitrogens with two attached hydrogens (primary N) is 2. The Labute approximate surface area is 186 Å². The molecule has 13 nitrogen and oxygen atoms in total. The van der Waals surface area contributed by atoms with Crippen LogP contribution in [0.25, 0.3) is 0 Å². The van der Waals surface area contributed by atoms with Crippen molar-refractivity contribution in [3.05, 3.63) is 16.8 Å². The van der Waals surface area contributed by atoms with Gasteiger partial charge in [0.05, 0.1) is 6.20 Å². The summed E-state index contributed by atoms with van der Waals surface area (Å²) < 4.78 is 0. The average Bonchev–Trinajstić information content (AvgIpc) is 3.36. The number of carboxylic acid groups (broad SMARTS) is 2. The van der Waals surface area contributed by atoms with E-state index in [1.54, 1.807) is 0 Å². The van der Waals surface area contributed by atoms with Gasteiger partial charge < -0.3 is 37.2 Å². The first kappa shape index (κ1) is 23.0. The normalized spacial score (nSPS) is 15.5. The van der Waals surface area contributed by atoms with Gasteiger partial charge in [-0.15, -0.1) is 0 Å². The van der Waals surface area contributed by atoms with Crippen molar-refractivity contribution < 1.29 is 24.6 Å². The summed E-state index contributed by atoms with van der Waals surface area (Å²) in [4.78, 5) is 48.5. The maximum Gasteiger partial charge on any atom is 0.326 e. The number of carboxylic acids is 2. The third-order valence-electron chi connectivity index (χ3n) is 5.04. The molecule has 1 aliphatic rings. The summed E-state index contributed by atoms with van der Waals surface area (Å²) in [6.45, 7) is 1.30. The maximum absolute atomic E-state index is 12.4. The van der Waals surface area contributed by atoms with Crippen LogP contribution in [0.4, 0.5) is 22.6 Å². The number of aromatic nitrogens is 3. The SMILES string of the molecule is CN(CCC1CNc2nc(N)nc(N)c21)c1cnc(C(=O)N[C@@H](CCC(=O)O)C(=O)O)s1. The van der Waals surface area contributed by atoms with Crippen LogP contribution in [0.3, 0.4) is 0 Å². The maximum atomic E-state index is 12.4. The van der Waals surface area contributed by atoms with E-state index in [1.165, 1.54) is 6.20 Å². The van der Waals surface area contributed by atoms with Gasteiger partial charge >= 0.3 is 11.9 Å². The standard InChI is InChI=1S/C18H24N8O5S/c1-26(5-4-8-6-21-14-12(8)13(19)24-18(20)25-14)10-7-22-16(32-10)15(29)23-9(17(30)31)2-3-11(27)28/h7-9H,2-6H2,1H3,(H,23,29)(H,27,28)(H,30,31)(H5,19,20,21,24,25)/t8?,9-/m0/s1. The minimum Gasteiger partial charge on any atom is -0.481 e. The van der Waals surface area contributed by atoms with Crippen LogP contribution in [0.2, 0.25) is 0 Å². The number of fused-ring (bicyclic) bond motifs is 1. The summed E-state index contributed by atoms with van der Waals surface area (Å²) in [6.07, 6.45) is 1.68. The molecule has 0 bridgehead atoms. The van der Waals surface area contributed by atoms with Crippen molar-refractivity contribution in [3.8, 4) is 0 Å². The van der Waals surface area contributed by atoms with E-state index < -0.39 is 23.9 Å². The number of hydrogen-bond acceptors (Lipinski definition) is 11. The zero-order chi connectivity index (χ0) is 23.4. The molecule has 2 atom stereocenters. The summed E-state index contributed by atoms with van der Waals surface area (Å²) in [6, 6.07) is -1.31. The zero-order valence-electron chi connectivity index (χ0n) is 17.2. The molecular weight excluding hydrogens is 440 g/mol. The number of amides is 1. The Kier molecular flexibility index (Phi) is 6.92. The number of anilines is 4. The molecule has 0 aromatic carbocycles. The van der Waals surface area contributed by atoms with E-state index in [0.29, 0.717) is 24.7 Å². The van der Waals surface area contributed by atoms with Crippen molar-refractivity contribution in [2.75, 3.05) is 41.8 Å². The van der Waals surface area contributed by atoms with Gasteiger partial charge in [0.15, 0.2) is 5.01 Å². The predicted molar refractivity (Wildman–Crippen MR) is 118 cm³/mol. The lowest BCUT2D eigenvalue weighted by atomic mass is 9.99. The third kappa shape index (κ3) is 5.32. The fourth-order valence-electron chi connectivity index (χ4n) is 3.36. The Bertz CT molecular complexity index is 1030. The fourth-order valence-corrected chi connectivity index (χ4v) is 4.17. The predicted octanol–water partition coefficient (Wildman–Crippen LogP) is 0.181. The van der Waals surface area contributed by atoms with Crippen molar-refractivity contribution >= 4 is 51.8 Å². The first-order valence-corrected chi connectivity index (χ1v) is 10.6. The molecule has 0 aliphatic carbocycles. The second-order valence-corrected chi connectivity index (χ2v) is 8.33. The Hall–Kier alpha value is -3.68. The van der Waals surface area contributed by atoms with E-state index in [4.69, 9.17) is 16.6 Å². The molecule has 8 N–H and O–H groups in total. The minimum atomic E-state index is -1.31. The van der Waals surface area contributed by atoms with Gasteiger partial charge in [-0.05, 0) is 12.8 Å². The number of carbonyl (C=O) groups is 3. The molecule has 0 spiro atoms. The highest BCUT2D eigenvalue weighted by Crippen LogP contribution is 2.36. The molecule has 0 saturated carbocycles. The van der Waals surface area contributed by atoms with Crippen LogP contribution in [-0.2, 0) is 9.59 Å². The quantitative estimate of drug-likeness (QED) is 0.278. The second-order valence-electron chi connectivity index (χ2n) is 7.32. The molecule has 3 rings (SSSR count). The first-order valence-electron chi connectivity index (χ1n) is 9.75. The summed E-state index contributed by atoms with van der Waals surface area (Å²) >= 11 is 1.11. The molecule has 3 heterocycles. The van der Waals surface area contributed by atoms with Crippen LogP contribution in [0.5, 0.6) is 0 Å². The smallest absolute Gasteiger partial charge is 0.326 e. The summed E-state index contributed by atoms with van der Waals surface area (Å²) in [5.41, 5.74) is 12.5. The third-order valence-corrected chi connectivity index (χ3v) is 6.15. The van der Waals surface area contributed by atoms with Crippen LogP contribution in [-0.4, -0.2) is 69.2 Å². The number of rotatable bonds is 10. The highest BCUT2D eigenvalue weighted by Gasteiger charge is 2.28. The second kappa shape index (κ2) is 9.64. The van der Waals surface area contributed by atoms with Gasteiger partial charge in [0.2, 0.25) is 5.95 Å². The Morgan fingerprint density at radius 3 is 2.78 bits per heavy atom. The van der Waals surface area contributed by atoms with Crippen molar-refractivity contribution in [3.63, 3.8) is 0 Å². The topological polar surface area (TPSA) is 210 Å². The van der Waals surface area contributed by atoms with Crippen molar-refractivity contribution in [2.24, 2.45) is 0 Å². The van der Waals surface area contributed by atoms with Gasteiger partial charge in [-0.25, -0.2) is 9.78 Å². The van der Waals surface area contributed by atoms with Crippen LogP contribution in [0, 0.1) is 0 Å². The highest BCUT2D eigenvalue weighted by atomic mass is 32.1. The number of nitrogens with one attached hydrogen (secondary N) is 2. The molecule has 172 valence electrons. The van der Waals surface area contributed by atoms with Gasteiger partial charge in [-0.1, -0.05) is 11.3 Å². The minimum absolute atomic E-state index is 0.0921. The molecule has 1 aliphatic heterocycles. The Morgan fingerprint density at radius 1 is 1.34 bits per heavy atom. The number of nitrogen functional groups attached to an aromatic ring is 2. The molecule has 32 heavy (non-hydrogen) atoms. The number of thiazole rings is 1. The Balaban J connectivity index is 1.58. The summed E-state index contributed by atoms with van der Waals surface area (Å²) in [5.74, 6) is -1.87. The van der Waals surface area contributed by atoms with Crippen LogP contribution >= 0.6 is 11.3 Å². The largest absolute Gasteiger partial charge is 0.481 e. The highest BCUT2D eigenvalue weighted by molar-refractivity contribution is 7.17. The molecule has 1 unspecified atom stereocenters. The van der Waals surface area contributed by atoms with Gasteiger partial charge in [-0.3, -0.25) is 9.59 Å². The lowest BCUT2D eigenvalue weighted by Crippen LogP contribution is -2.41. The van der Waals surface area contributed by atoms with E-state index in [-0.39, 0.29) is 29.7 Å². The van der Waals surface area contributed by atoms with Gasteiger partial charge in [-0.2, -0.15) is 9.97 Å². The van der Waals surface area contributed by atoms with E-state index in [9.17, 15) is 19.5 Å². The van der Waals surface area contributed by atoms with Crippen LogP contribution < -0.4 is 27.0 Å². The van der Waals surface area contributed by atoms with Gasteiger partial charge in [0.1, 0.15) is 22.7 Å². The molecule has 1 amide bonds. The van der Waals surface area contributed by atoms with Crippen LogP contribution in [0.15, 0.2) is 6.20 Å². The zero-order valence-corrected chi connectivity index (χ0v) is 18.1. The average molecular weight is 465 g/mol. The number of carbonyl (C=O) groups excluding carboxylic acids is 1.